The molecule has 1 spiro atoms. The van der Waals surface area contributed by atoms with Crippen LogP contribution in [0.15, 0.2) is 35.1 Å². The number of halogens is 3. The second-order valence-electron chi connectivity index (χ2n) is 9.14. The number of aromatic nitrogens is 1. The highest BCUT2D eigenvalue weighted by molar-refractivity contribution is 5.94. The summed E-state index contributed by atoms with van der Waals surface area (Å²) in [7, 11) is 0. The smallest absolute Gasteiger partial charge is 0.396 e. The number of nitrogens with zero attached hydrogens (tertiary/aromatic N) is 3. The first-order valence-electron chi connectivity index (χ1n) is 11.0. The van der Waals surface area contributed by atoms with Gasteiger partial charge < -0.3 is 19.9 Å². The number of aryl methyl sites for hydroxylation is 1. The molecule has 1 aromatic carbocycles. The summed E-state index contributed by atoms with van der Waals surface area (Å²) in [5.74, 6) is -0.573. The quantitative estimate of drug-likeness (QED) is 0.713. The van der Waals surface area contributed by atoms with E-state index >= 15 is 0 Å². The molecule has 1 unspecified atom stereocenters. The van der Waals surface area contributed by atoms with Crippen molar-refractivity contribution in [1.82, 2.24) is 9.88 Å². The average Bonchev–Trinajstić information content (AvgIpc) is 3.16. The number of amides is 1. The predicted molar refractivity (Wildman–Crippen MR) is 118 cm³/mol. The summed E-state index contributed by atoms with van der Waals surface area (Å²) in [4.78, 5) is 31.3. The zero-order chi connectivity index (χ0) is 24.7. The first-order valence-corrected chi connectivity index (χ1v) is 11.0. The van der Waals surface area contributed by atoms with Crippen molar-refractivity contribution in [3.05, 3.63) is 63.1 Å². The number of alkyl halides is 3. The number of likely N-dealkylation sites (tertiary alicyclic amines) is 1. The predicted octanol–water partition coefficient (Wildman–Crippen LogP) is 2.92. The van der Waals surface area contributed by atoms with Crippen molar-refractivity contribution < 1.29 is 23.1 Å². The number of aliphatic hydroxyl groups is 1. The summed E-state index contributed by atoms with van der Waals surface area (Å²) >= 11 is 0. The molecule has 34 heavy (non-hydrogen) atoms. The number of H-pyrrole nitrogens is 1. The molecule has 2 fully saturated rings. The van der Waals surface area contributed by atoms with Crippen LogP contribution in [0.5, 0.6) is 0 Å². The SMILES string of the molecule is Cc1ccc(C(=O)N2CC(CO)C3(CCN(c4ccc(C#N)c(C(F)(F)F)c4)CC3)C2)c(=O)[nH]1. The molecule has 2 aliphatic heterocycles. The van der Waals surface area contributed by atoms with Gasteiger partial charge >= 0.3 is 6.18 Å². The van der Waals surface area contributed by atoms with E-state index < -0.39 is 22.9 Å². The van der Waals surface area contributed by atoms with Gasteiger partial charge in [-0.05, 0) is 55.5 Å². The minimum atomic E-state index is -4.62. The molecule has 4 rings (SSSR count). The van der Waals surface area contributed by atoms with Gasteiger partial charge in [0, 0.05) is 50.1 Å². The Morgan fingerprint density at radius 3 is 2.56 bits per heavy atom. The first kappa shape index (κ1) is 23.8. The number of benzene rings is 1. The van der Waals surface area contributed by atoms with Crippen molar-refractivity contribution in [2.24, 2.45) is 11.3 Å². The molecule has 0 saturated carbocycles. The number of aromatic amines is 1. The fraction of sp³-hybridized carbons (Fsp3) is 0.458. The molecule has 2 saturated heterocycles. The molecule has 7 nitrogen and oxygen atoms in total. The van der Waals surface area contributed by atoms with E-state index in [0.717, 1.165) is 6.07 Å². The summed E-state index contributed by atoms with van der Waals surface area (Å²) in [5, 5.41) is 19.1. The molecule has 180 valence electrons. The molecule has 2 N–H and O–H groups in total. The van der Waals surface area contributed by atoms with Crippen LogP contribution in [0.4, 0.5) is 18.9 Å². The van der Waals surface area contributed by atoms with Crippen molar-refractivity contribution >= 4 is 11.6 Å². The lowest BCUT2D eigenvalue weighted by atomic mass is 9.71. The van der Waals surface area contributed by atoms with Crippen LogP contribution in [-0.4, -0.2) is 53.7 Å². The number of carbonyl (C=O) groups excluding carboxylic acids is 1. The largest absolute Gasteiger partial charge is 0.417 e. The van der Waals surface area contributed by atoms with Crippen LogP contribution in [0, 0.1) is 29.6 Å². The number of hydrogen-bond acceptors (Lipinski definition) is 5. The maximum Gasteiger partial charge on any atom is 0.417 e. The summed E-state index contributed by atoms with van der Waals surface area (Å²) in [6.45, 7) is 3.20. The topological polar surface area (TPSA) is 100 Å². The molecular weight excluding hydrogens is 449 g/mol. The van der Waals surface area contributed by atoms with Gasteiger partial charge in [0.25, 0.3) is 11.5 Å². The van der Waals surface area contributed by atoms with Crippen LogP contribution < -0.4 is 10.5 Å². The lowest BCUT2D eigenvalue weighted by molar-refractivity contribution is -0.137. The molecule has 2 aromatic rings. The van der Waals surface area contributed by atoms with Gasteiger partial charge in [0.15, 0.2) is 0 Å². The normalized spacial score (nSPS) is 19.9. The van der Waals surface area contributed by atoms with Crippen molar-refractivity contribution in [3.63, 3.8) is 0 Å². The molecule has 10 heteroatoms. The monoisotopic (exact) mass is 474 g/mol. The maximum absolute atomic E-state index is 13.4. The van der Waals surface area contributed by atoms with Gasteiger partial charge in [-0.2, -0.15) is 18.4 Å². The molecule has 1 aromatic heterocycles. The average molecular weight is 474 g/mol. The Labute approximate surface area is 194 Å². The van der Waals surface area contributed by atoms with Crippen LogP contribution in [-0.2, 0) is 6.18 Å². The molecule has 1 amide bonds. The van der Waals surface area contributed by atoms with Gasteiger partial charge in [0.05, 0.1) is 17.2 Å². The molecule has 2 aliphatic rings. The highest BCUT2D eigenvalue weighted by Crippen LogP contribution is 2.46. The van der Waals surface area contributed by atoms with E-state index in [2.05, 4.69) is 4.98 Å². The van der Waals surface area contributed by atoms with Gasteiger partial charge in [-0.1, -0.05) is 0 Å². The van der Waals surface area contributed by atoms with E-state index in [9.17, 15) is 27.9 Å². The third-order valence-electron chi connectivity index (χ3n) is 7.16. The van der Waals surface area contributed by atoms with Crippen LogP contribution in [0.25, 0.3) is 0 Å². The van der Waals surface area contributed by atoms with Crippen molar-refractivity contribution in [3.8, 4) is 6.07 Å². The molecule has 0 bridgehead atoms. The number of rotatable bonds is 3. The third-order valence-corrected chi connectivity index (χ3v) is 7.16. The van der Waals surface area contributed by atoms with Gasteiger partial charge in [0.1, 0.15) is 5.56 Å². The number of nitrogens with one attached hydrogen (secondary N) is 1. The maximum atomic E-state index is 13.4. The Morgan fingerprint density at radius 2 is 1.97 bits per heavy atom. The lowest BCUT2D eigenvalue weighted by Gasteiger charge is -2.43. The number of nitriles is 1. The van der Waals surface area contributed by atoms with E-state index in [4.69, 9.17) is 5.26 Å². The number of hydrogen-bond donors (Lipinski definition) is 2. The fourth-order valence-electron chi connectivity index (χ4n) is 5.19. The minimum Gasteiger partial charge on any atom is -0.396 e. The number of pyridine rings is 1. The zero-order valence-corrected chi connectivity index (χ0v) is 18.7. The summed E-state index contributed by atoms with van der Waals surface area (Å²) in [5.41, 5.74) is -1.12. The van der Waals surface area contributed by atoms with Gasteiger partial charge in [0.2, 0.25) is 0 Å². The number of piperidine rings is 1. The van der Waals surface area contributed by atoms with Crippen LogP contribution >= 0.6 is 0 Å². The second kappa shape index (κ2) is 8.80. The minimum absolute atomic E-state index is 0.0500. The van der Waals surface area contributed by atoms with Gasteiger partial charge in [-0.3, -0.25) is 9.59 Å². The van der Waals surface area contributed by atoms with Crippen molar-refractivity contribution in [2.45, 2.75) is 25.9 Å². The zero-order valence-electron chi connectivity index (χ0n) is 18.7. The summed E-state index contributed by atoms with van der Waals surface area (Å²) in [6.07, 6.45) is -3.47. The van der Waals surface area contributed by atoms with E-state index in [0.29, 0.717) is 50.4 Å². The first-order chi connectivity index (χ1) is 16.1. The molecule has 0 aliphatic carbocycles. The number of anilines is 1. The lowest BCUT2D eigenvalue weighted by Crippen LogP contribution is -2.45. The van der Waals surface area contributed by atoms with Gasteiger partial charge in [-0.25, -0.2) is 0 Å². The Balaban J connectivity index is 1.51. The molecular formula is C24H25F3N4O3. The van der Waals surface area contributed by atoms with Crippen molar-refractivity contribution in [2.75, 3.05) is 37.7 Å². The fourth-order valence-corrected chi connectivity index (χ4v) is 5.19. The summed E-state index contributed by atoms with van der Waals surface area (Å²) in [6, 6.07) is 8.47. The summed E-state index contributed by atoms with van der Waals surface area (Å²) < 4.78 is 40.1. The molecule has 1 atom stereocenters. The van der Waals surface area contributed by atoms with E-state index in [-0.39, 0.29) is 29.4 Å². The Kier molecular flexibility index (Phi) is 6.16. The Morgan fingerprint density at radius 1 is 1.26 bits per heavy atom. The Hall–Kier alpha value is -3.32. The second-order valence-corrected chi connectivity index (χ2v) is 9.14. The van der Waals surface area contributed by atoms with E-state index in [1.807, 2.05) is 4.90 Å². The highest BCUT2D eigenvalue weighted by Gasteiger charge is 2.49. The number of carbonyl (C=O) groups is 1. The van der Waals surface area contributed by atoms with Crippen molar-refractivity contribution in [1.29, 1.82) is 5.26 Å². The molecule has 0 radical (unpaired) electrons. The standard InChI is InChI=1S/C24H25F3N4O3/c1-15-2-5-19(21(33)29-15)22(34)31-12-17(13-32)23(14-31)6-8-30(9-7-23)18-4-3-16(11-28)20(10-18)24(25,26)27/h2-5,10,17,32H,6-9,12-14H2,1H3,(H,29,33). The molecule has 3 heterocycles. The van der Waals surface area contributed by atoms with Crippen LogP contribution in [0.2, 0.25) is 0 Å². The van der Waals surface area contributed by atoms with E-state index in [1.54, 1.807) is 24.0 Å². The highest BCUT2D eigenvalue weighted by atomic mass is 19.4. The Bertz CT molecular complexity index is 1190. The van der Waals surface area contributed by atoms with Gasteiger partial charge in [-0.15, -0.1) is 0 Å². The third kappa shape index (κ3) is 4.28. The number of aliphatic hydroxyl groups excluding tert-OH is 1. The van der Waals surface area contributed by atoms with Crippen LogP contribution in [0.1, 0.15) is 40.0 Å². The van der Waals surface area contributed by atoms with E-state index in [1.165, 1.54) is 18.2 Å². The van der Waals surface area contributed by atoms with Crippen LogP contribution in [0.3, 0.4) is 0 Å².